The zero-order chi connectivity index (χ0) is 13.5. The van der Waals surface area contributed by atoms with Crippen molar-refractivity contribution in [3.05, 3.63) is 30.3 Å². The monoisotopic (exact) mass is 280 g/mol. The molecular formula is C13H16N2O3S. The Morgan fingerprint density at radius 3 is 2.53 bits per heavy atom. The third kappa shape index (κ3) is 2.50. The van der Waals surface area contributed by atoms with E-state index in [4.69, 9.17) is 0 Å². The van der Waals surface area contributed by atoms with Gasteiger partial charge in [-0.15, -0.1) is 0 Å². The fraction of sp³-hybridized carbons (Fsp3) is 0.462. The van der Waals surface area contributed by atoms with Gasteiger partial charge in [0.2, 0.25) is 0 Å². The number of amides is 1. The molecule has 1 aromatic rings. The van der Waals surface area contributed by atoms with Gasteiger partial charge in [-0.2, -0.15) is 0 Å². The molecule has 0 radical (unpaired) electrons. The Kier molecular flexibility index (Phi) is 2.87. The van der Waals surface area contributed by atoms with E-state index in [2.05, 4.69) is 10.0 Å². The lowest BCUT2D eigenvalue weighted by Crippen LogP contribution is -2.43. The maximum absolute atomic E-state index is 12.0. The van der Waals surface area contributed by atoms with Gasteiger partial charge in [-0.1, -0.05) is 18.2 Å². The molecule has 1 aliphatic carbocycles. The first kappa shape index (κ1) is 12.6. The van der Waals surface area contributed by atoms with E-state index in [1.54, 1.807) is 18.2 Å². The number of carbonyl (C=O) groups is 1. The van der Waals surface area contributed by atoms with Crippen LogP contribution in [0.2, 0.25) is 0 Å². The number of nitrogens with one attached hydrogen (secondary N) is 2. The van der Waals surface area contributed by atoms with E-state index in [1.807, 2.05) is 0 Å². The van der Waals surface area contributed by atoms with E-state index in [9.17, 15) is 13.2 Å². The number of carbonyl (C=O) groups excluding carboxylic acids is 1. The molecule has 1 heterocycles. The first-order valence-corrected chi connectivity index (χ1v) is 7.84. The minimum absolute atomic E-state index is 0.113. The predicted octanol–water partition coefficient (Wildman–Crippen LogP) is 0.634. The van der Waals surface area contributed by atoms with Crippen LogP contribution in [0.1, 0.15) is 19.3 Å². The van der Waals surface area contributed by atoms with Crippen molar-refractivity contribution in [1.29, 1.82) is 0 Å². The molecule has 2 fully saturated rings. The highest BCUT2D eigenvalue weighted by molar-refractivity contribution is 7.90. The molecule has 3 rings (SSSR count). The van der Waals surface area contributed by atoms with Crippen molar-refractivity contribution in [2.75, 3.05) is 6.54 Å². The summed E-state index contributed by atoms with van der Waals surface area (Å²) in [6.07, 6.45) is 3.01. The third-order valence-electron chi connectivity index (χ3n) is 3.92. The second-order valence-electron chi connectivity index (χ2n) is 5.42. The van der Waals surface area contributed by atoms with Gasteiger partial charge in [0, 0.05) is 6.54 Å². The van der Waals surface area contributed by atoms with Gasteiger partial charge >= 0.3 is 0 Å². The molecule has 1 aliphatic heterocycles. The van der Waals surface area contributed by atoms with Crippen LogP contribution in [0.3, 0.4) is 0 Å². The van der Waals surface area contributed by atoms with Gasteiger partial charge < -0.3 is 5.32 Å². The highest BCUT2D eigenvalue weighted by Crippen LogP contribution is 2.51. The van der Waals surface area contributed by atoms with Gasteiger partial charge in [0.15, 0.2) is 0 Å². The van der Waals surface area contributed by atoms with Crippen LogP contribution in [-0.4, -0.2) is 26.9 Å². The van der Waals surface area contributed by atoms with Crippen LogP contribution in [0, 0.1) is 5.41 Å². The van der Waals surface area contributed by atoms with Crippen LogP contribution in [0.25, 0.3) is 0 Å². The largest absolute Gasteiger partial charge is 0.305 e. The maximum atomic E-state index is 12.0. The molecule has 2 aliphatic rings. The van der Waals surface area contributed by atoms with Crippen molar-refractivity contribution < 1.29 is 13.2 Å². The molecule has 1 spiro atoms. The predicted molar refractivity (Wildman–Crippen MR) is 69.8 cm³/mol. The number of sulfonamides is 1. The van der Waals surface area contributed by atoms with Crippen molar-refractivity contribution in [2.24, 2.45) is 5.41 Å². The van der Waals surface area contributed by atoms with E-state index in [-0.39, 0.29) is 16.4 Å². The second kappa shape index (κ2) is 4.31. The van der Waals surface area contributed by atoms with Gasteiger partial charge in [0.1, 0.15) is 0 Å². The molecule has 6 heteroatoms. The highest BCUT2D eigenvalue weighted by Gasteiger charge is 2.50. The topological polar surface area (TPSA) is 75.3 Å². The van der Waals surface area contributed by atoms with Crippen molar-refractivity contribution in [1.82, 2.24) is 10.0 Å². The average Bonchev–Trinajstić information content (AvgIpc) is 2.99. The number of hydrogen-bond acceptors (Lipinski definition) is 4. The quantitative estimate of drug-likeness (QED) is 0.851. The van der Waals surface area contributed by atoms with Gasteiger partial charge in [0.25, 0.3) is 15.9 Å². The van der Waals surface area contributed by atoms with Crippen LogP contribution >= 0.6 is 0 Å². The van der Waals surface area contributed by atoms with Gasteiger partial charge in [-0.05, 0) is 36.8 Å². The van der Waals surface area contributed by atoms with Crippen LogP contribution in [0.5, 0.6) is 0 Å². The standard InChI is InChI=1S/C13H16N2O3S/c16-12(11-8-13(6-7-13)9-14-11)15-19(17,18)10-4-2-1-3-5-10/h1-5,11,14H,6-9H2,(H,15,16)/t11-/m0/s1. The van der Waals surface area contributed by atoms with Crippen LogP contribution < -0.4 is 10.0 Å². The minimum atomic E-state index is -3.75. The molecule has 0 bridgehead atoms. The molecule has 1 saturated carbocycles. The average molecular weight is 280 g/mol. The Hall–Kier alpha value is -1.40. The van der Waals surface area contributed by atoms with E-state index >= 15 is 0 Å². The molecular weight excluding hydrogens is 264 g/mol. The first-order chi connectivity index (χ1) is 9.01. The molecule has 19 heavy (non-hydrogen) atoms. The number of hydrogen-bond donors (Lipinski definition) is 2. The lowest BCUT2D eigenvalue weighted by Gasteiger charge is -2.11. The summed E-state index contributed by atoms with van der Waals surface area (Å²) < 4.78 is 26.2. The van der Waals surface area contributed by atoms with E-state index in [0.29, 0.717) is 0 Å². The fourth-order valence-corrected chi connectivity index (χ4v) is 3.56. The van der Waals surface area contributed by atoms with Crippen molar-refractivity contribution >= 4 is 15.9 Å². The Morgan fingerprint density at radius 1 is 1.26 bits per heavy atom. The summed E-state index contributed by atoms with van der Waals surface area (Å²) >= 11 is 0. The summed E-state index contributed by atoms with van der Waals surface area (Å²) in [5, 5.41) is 3.11. The molecule has 1 saturated heterocycles. The molecule has 102 valence electrons. The Labute approximate surface area is 112 Å². The lowest BCUT2D eigenvalue weighted by molar-refractivity contribution is -0.121. The Morgan fingerprint density at radius 2 is 1.95 bits per heavy atom. The fourth-order valence-electron chi connectivity index (χ4n) is 2.52. The first-order valence-electron chi connectivity index (χ1n) is 6.36. The summed E-state index contributed by atoms with van der Waals surface area (Å²) in [5.74, 6) is -0.451. The third-order valence-corrected chi connectivity index (χ3v) is 5.29. The van der Waals surface area contributed by atoms with Crippen LogP contribution in [0.4, 0.5) is 0 Å². The Balaban J connectivity index is 1.69. The molecule has 2 N–H and O–H groups in total. The molecule has 0 unspecified atom stereocenters. The summed E-state index contributed by atoms with van der Waals surface area (Å²) in [6.45, 7) is 0.816. The smallest absolute Gasteiger partial charge is 0.264 e. The van der Waals surface area contributed by atoms with Crippen LogP contribution in [0.15, 0.2) is 35.2 Å². The summed E-state index contributed by atoms with van der Waals surface area (Å²) in [5.41, 5.74) is 0.262. The number of benzene rings is 1. The summed E-state index contributed by atoms with van der Waals surface area (Å²) in [7, 11) is -3.75. The molecule has 5 nitrogen and oxygen atoms in total. The SMILES string of the molecule is O=C(NS(=O)(=O)c1ccccc1)[C@@H]1CC2(CC2)CN1. The van der Waals surface area contributed by atoms with Gasteiger partial charge in [-0.25, -0.2) is 13.1 Å². The number of rotatable bonds is 3. The summed E-state index contributed by atoms with van der Waals surface area (Å²) in [6, 6.07) is 7.55. The lowest BCUT2D eigenvalue weighted by atomic mass is 10.0. The normalized spacial score (nSPS) is 24.3. The van der Waals surface area contributed by atoms with E-state index in [0.717, 1.165) is 25.8 Å². The second-order valence-corrected chi connectivity index (χ2v) is 7.10. The molecule has 1 amide bonds. The Bertz CT molecular complexity index is 594. The summed E-state index contributed by atoms with van der Waals surface area (Å²) in [4.78, 5) is 12.1. The zero-order valence-electron chi connectivity index (χ0n) is 10.4. The molecule has 0 aromatic heterocycles. The van der Waals surface area contributed by atoms with Gasteiger partial charge in [0.05, 0.1) is 10.9 Å². The van der Waals surface area contributed by atoms with E-state index < -0.39 is 15.9 Å². The van der Waals surface area contributed by atoms with Crippen molar-refractivity contribution in [3.8, 4) is 0 Å². The molecule has 1 atom stereocenters. The maximum Gasteiger partial charge on any atom is 0.264 e. The highest BCUT2D eigenvalue weighted by atomic mass is 32.2. The van der Waals surface area contributed by atoms with Gasteiger partial charge in [-0.3, -0.25) is 4.79 Å². The van der Waals surface area contributed by atoms with E-state index in [1.165, 1.54) is 12.1 Å². The van der Waals surface area contributed by atoms with Crippen LogP contribution in [-0.2, 0) is 14.8 Å². The molecule has 1 aromatic carbocycles. The zero-order valence-corrected chi connectivity index (χ0v) is 11.2. The minimum Gasteiger partial charge on any atom is -0.305 e. The van der Waals surface area contributed by atoms with Crippen molar-refractivity contribution in [3.63, 3.8) is 0 Å². The van der Waals surface area contributed by atoms with Crippen molar-refractivity contribution in [2.45, 2.75) is 30.2 Å².